The zero-order chi connectivity index (χ0) is 12.0. The van der Waals surface area contributed by atoms with Gasteiger partial charge in [0.2, 0.25) is 0 Å². The van der Waals surface area contributed by atoms with Crippen LogP contribution in [0, 0.1) is 0 Å². The summed E-state index contributed by atoms with van der Waals surface area (Å²) < 4.78 is 10.7. The van der Waals surface area contributed by atoms with Gasteiger partial charge in [-0.05, 0) is 30.7 Å². The van der Waals surface area contributed by atoms with Crippen molar-refractivity contribution in [2.45, 2.75) is 13.0 Å². The first-order valence-electron chi connectivity index (χ1n) is 4.88. The molecule has 0 aromatic heterocycles. The van der Waals surface area contributed by atoms with Crippen molar-refractivity contribution in [3.05, 3.63) is 47.0 Å². The number of rotatable bonds is 4. The molecule has 0 fully saturated rings. The average molecular weight is 285 g/mol. The molecular weight excluding hydrogens is 272 g/mol. The fourth-order valence-corrected chi connectivity index (χ4v) is 1.61. The third-order valence-corrected chi connectivity index (χ3v) is 2.37. The van der Waals surface area contributed by atoms with Crippen LogP contribution >= 0.6 is 15.9 Å². The molecule has 0 spiro atoms. The first-order chi connectivity index (χ1) is 7.67. The molecule has 0 saturated carbocycles. The molecule has 0 bridgehead atoms. The van der Waals surface area contributed by atoms with Gasteiger partial charge in [0.1, 0.15) is 6.10 Å². The summed E-state index contributed by atoms with van der Waals surface area (Å²) >= 11 is 3.35. The first-order valence-corrected chi connectivity index (χ1v) is 5.68. The number of hydrogen-bond acceptors (Lipinski definition) is 3. The lowest BCUT2D eigenvalue weighted by Crippen LogP contribution is -2.11. The van der Waals surface area contributed by atoms with Gasteiger partial charge < -0.3 is 9.47 Å². The van der Waals surface area contributed by atoms with Crippen molar-refractivity contribution in [3.8, 4) is 0 Å². The molecule has 16 heavy (non-hydrogen) atoms. The molecule has 0 aliphatic heterocycles. The Kier molecular flexibility index (Phi) is 5.05. The number of hydrogen-bond donors (Lipinski definition) is 0. The van der Waals surface area contributed by atoms with Crippen LogP contribution in [-0.2, 0) is 9.47 Å². The molecule has 86 valence electrons. The van der Waals surface area contributed by atoms with Gasteiger partial charge in [-0.25, -0.2) is 4.79 Å². The van der Waals surface area contributed by atoms with Crippen molar-refractivity contribution in [2.75, 3.05) is 6.61 Å². The van der Waals surface area contributed by atoms with Gasteiger partial charge in [-0.3, -0.25) is 0 Å². The van der Waals surface area contributed by atoms with Crippen LogP contribution in [0.4, 0.5) is 4.79 Å². The minimum Gasteiger partial charge on any atom is -0.435 e. The minimum atomic E-state index is -0.688. The summed E-state index contributed by atoms with van der Waals surface area (Å²) in [7, 11) is 0. The second-order valence-corrected chi connectivity index (χ2v) is 3.93. The summed E-state index contributed by atoms with van der Waals surface area (Å²) in [6, 6.07) is 7.49. The molecule has 0 heterocycles. The molecule has 3 nitrogen and oxygen atoms in total. The highest BCUT2D eigenvalue weighted by molar-refractivity contribution is 9.10. The molecule has 0 unspecified atom stereocenters. The Balaban J connectivity index is 2.74. The van der Waals surface area contributed by atoms with Gasteiger partial charge in [-0.1, -0.05) is 34.6 Å². The van der Waals surface area contributed by atoms with Crippen molar-refractivity contribution in [1.82, 2.24) is 0 Å². The average Bonchev–Trinajstić information content (AvgIpc) is 2.26. The van der Waals surface area contributed by atoms with Crippen LogP contribution in [-0.4, -0.2) is 12.8 Å². The van der Waals surface area contributed by atoms with Crippen molar-refractivity contribution in [1.29, 1.82) is 0 Å². The van der Waals surface area contributed by atoms with Gasteiger partial charge in [-0.15, -0.1) is 0 Å². The molecule has 0 radical (unpaired) electrons. The molecule has 1 aromatic rings. The van der Waals surface area contributed by atoms with Gasteiger partial charge in [0.25, 0.3) is 0 Å². The fraction of sp³-hybridized carbons (Fsp3) is 0.250. The Labute approximate surface area is 103 Å². The normalized spacial score (nSPS) is 11.6. The third-order valence-electron chi connectivity index (χ3n) is 1.88. The van der Waals surface area contributed by atoms with Gasteiger partial charge in [-0.2, -0.15) is 0 Å². The van der Waals surface area contributed by atoms with Crippen molar-refractivity contribution < 1.29 is 14.3 Å². The predicted octanol–water partition coefficient (Wildman–Crippen LogP) is 3.85. The zero-order valence-electron chi connectivity index (χ0n) is 8.98. The van der Waals surface area contributed by atoms with Crippen molar-refractivity contribution in [2.24, 2.45) is 0 Å². The van der Waals surface area contributed by atoms with Crippen LogP contribution in [0.5, 0.6) is 0 Å². The topological polar surface area (TPSA) is 35.5 Å². The Morgan fingerprint density at radius 3 is 2.94 bits per heavy atom. The number of halogens is 1. The number of benzene rings is 1. The molecule has 0 amide bonds. The maximum Gasteiger partial charge on any atom is 0.509 e. The molecular formula is C12H13BrO3. The van der Waals surface area contributed by atoms with E-state index in [-0.39, 0.29) is 0 Å². The summed E-state index contributed by atoms with van der Waals surface area (Å²) in [5.74, 6) is 0. The SMILES string of the molecule is C=C[C@@H](OC(=O)OCC)c1cccc(Br)c1. The van der Waals surface area contributed by atoms with Gasteiger partial charge >= 0.3 is 6.16 Å². The largest absolute Gasteiger partial charge is 0.509 e. The van der Waals surface area contributed by atoms with Crippen molar-refractivity contribution in [3.63, 3.8) is 0 Å². The minimum absolute atomic E-state index is 0.293. The Bertz CT molecular complexity index is 376. The summed E-state index contributed by atoms with van der Waals surface area (Å²) in [6.45, 7) is 5.65. The van der Waals surface area contributed by atoms with Crippen LogP contribution in [0.15, 0.2) is 41.4 Å². The number of ether oxygens (including phenoxy) is 2. The molecule has 1 aromatic carbocycles. The maximum absolute atomic E-state index is 11.2. The van der Waals surface area contributed by atoms with Gasteiger partial charge in [0, 0.05) is 4.47 Å². The Morgan fingerprint density at radius 1 is 1.62 bits per heavy atom. The summed E-state index contributed by atoms with van der Waals surface area (Å²) in [4.78, 5) is 11.2. The standard InChI is InChI=1S/C12H13BrO3/c1-3-11(16-12(14)15-4-2)9-6-5-7-10(13)8-9/h3,5-8,11H,1,4H2,2H3/t11-/m1/s1. The Hall–Kier alpha value is -1.29. The monoisotopic (exact) mass is 284 g/mol. The van der Waals surface area contributed by atoms with E-state index in [1.807, 2.05) is 24.3 Å². The molecule has 0 aliphatic carbocycles. The van der Waals surface area contributed by atoms with E-state index in [1.165, 1.54) is 0 Å². The van der Waals surface area contributed by atoms with Crippen LogP contribution < -0.4 is 0 Å². The lowest BCUT2D eigenvalue weighted by atomic mass is 10.1. The molecule has 4 heteroatoms. The van der Waals surface area contributed by atoms with Gasteiger partial charge in [0.15, 0.2) is 0 Å². The molecule has 1 atom stereocenters. The second kappa shape index (κ2) is 6.33. The summed E-state index contributed by atoms with van der Waals surface area (Å²) in [5, 5.41) is 0. The summed E-state index contributed by atoms with van der Waals surface area (Å²) in [5.41, 5.74) is 0.845. The van der Waals surface area contributed by atoms with E-state index in [9.17, 15) is 4.79 Å². The van der Waals surface area contributed by atoms with E-state index >= 15 is 0 Å². The number of carbonyl (C=O) groups is 1. The molecule has 0 aliphatic rings. The highest BCUT2D eigenvalue weighted by atomic mass is 79.9. The highest BCUT2D eigenvalue weighted by Crippen LogP contribution is 2.22. The van der Waals surface area contributed by atoms with E-state index < -0.39 is 12.3 Å². The van der Waals surface area contributed by atoms with E-state index in [1.54, 1.807) is 13.0 Å². The summed E-state index contributed by atoms with van der Waals surface area (Å²) in [6.07, 6.45) is 0.377. The number of carbonyl (C=O) groups excluding carboxylic acids is 1. The van der Waals surface area contributed by atoms with E-state index in [0.29, 0.717) is 6.61 Å². The highest BCUT2D eigenvalue weighted by Gasteiger charge is 2.13. The fourth-order valence-electron chi connectivity index (χ4n) is 1.19. The van der Waals surface area contributed by atoms with E-state index in [2.05, 4.69) is 22.5 Å². The predicted molar refractivity (Wildman–Crippen MR) is 65.2 cm³/mol. The lowest BCUT2D eigenvalue weighted by molar-refractivity contribution is 0.0402. The van der Waals surface area contributed by atoms with E-state index in [0.717, 1.165) is 10.0 Å². The molecule has 0 saturated heterocycles. The smallest absolute Gasteiger partial charge is 0.435 e. The second-order valence-electron chi connectivity index (χ2n) is 3.01. The van der Waals surface area contributed by atoms with Crippen LogP contribution in [0.3, 0.4) is 0 Å². The van der Waals surface area contributed by atoms with Crippen LogP contribution in [0.2, 0.25) is 0 Å². The van der Waals surface area contributed by atoms with Gasteiger partial charge in [0.05, 0.1) is 6.61 Å². The third kappa shape index (κ3) is 3.70. The first kappa shape index (κ1) is 12.8. The van der Waals surface area contributed by atoms with Crippen LogP contribution in [0.1, 0.15) is 18.6 Å². The zero-order valence-corrected chi connectivity index (χ0v) is 10.6. The van der Waals surface area contributed by atoms with Crippen LogP contribution in [0.25, 0.3) is 0 Å². The molecule has 1 rings (SSSR count). The Morgan fingerprint density at radius 2 is 2.38 bits per heavy atom. The van der Waals surface area contributed by atoms with Crippen molar-refractivity contribution >= 4 is 22.1 Å². The lowest BCUT2D eigenvalue weighted by Gasteiger charge is -2.14. The van der Waals surface area contributed by atoms with E-state index in [4.69, 9.17) is 9.47 Å². The quantitative estimate of drug-likeness (QED) is 0.622. The maximum atomic E-state index is 11.2. The molecule has 0 N–H and O–H groups in total.